The lowest BCUT2D eigenvalue weighted by Crippen LogP contribution is -2.29. The minimum Gasteiger partial charge on any atom is -0.396 e. The lowest BCUT2D eigenvalue weighted by molar-refractivity contribution is 0.0782. The molecule has 3 nitrogen and oxygen atoms in total. The highest BCUT2D eigenvalue weighted by Crippen LogP contribution is 2.21. The zero-order chi connectivity index (χ0) is 12.4. The van der Waals surface area contributed by atoms with E-state index in [0.29, 0.717) is 17.1 Å². The molecule has 0 saturated carbocycles. The number of benzene rings is 1. The summed E-state index contributed by atoms with van der Waals surface area (Å²) in [5, 5.41) is 9.68. The van der Waals surface area contributed by atoms with E-state index in [9.17, 15) is 4.79 Å². The lowest BCUT2D eigenvalue weighted by atomic mass is 10.1. The van der Waals surface area contributed by atoms with Gasteiger partial charge in [-0.25, -0.2) is 0 Å². The first-order valence-electron chi connectivity index (χ1n) is 5.78. The van der Waals surface area contributed by atoms with Crippen molar-refractivity contribution in [3.8, 4) is 0 Å². The zero-order valence-corrected chi connectivity index (χ0v) is 10.6. The van der Waals surface area contributed by atoms with Crippen LogP contribution in [0, 0.1) is 12.8 Å². The fourth-order valence-electron chi connectivity index (χ4n) is 2.07. The van der Waals surface area contributed by atoms with E-state index in [2.05, 4.69) is 0 Å². The topological polar surface area (TPSA) is 40.5 Å². The predicted octanol–water partition coefficient (Wildman–Crippen LogP) is 2.10. The molecule has 1 aromatic rings. The van der Waals surface area contributed by atoms with Crippen LogP contribution in [-0.2, 0) is 0 Å². The normalized spacial score (nSPS) is 19.7. The Bertz CT molecular complexity index is 433. The van der Waals surface area contributed by atoms with E-state index in [1.807, 2.05) is 13.0 Å². The van der Waals surface area contributed by atoms with Crippen LogP contribution in [0.15, 0.2) is 18.2 Å². The number of aryl methyl sites for hydroxylation is 1. The molecule has 1 amide bonds. The number of rotatable bonds is 2. The van der Waals surface area contributed by atoms with Crippen LogP contribution in [0.3, 0.4) is 0 Å². The maximum atomic E-state index is 12.2. The van der Waals surface area contributed by atoms with E-state index in [4.69, 9.17) is 16.7 Å². The molecule has 4 heteroatoms. The van der Waals surface area contributed by atoms with Gasteiger partial charge in [-0.05, 0) is 31.0 Å². The van der Waals surface area contributed by atoms with Crippen LogP contribution in [0.2, 0.25) is 5.02 Å². The van der Waals surface area contributed by atoms with Crippen LogP contribution in [0.25, 0.3) is 0 Å². The van der Waals surface area contributed by atoms with Gasteiger partial charge in [-0.3, -0.25) is 4.79 Å². The van der Waals surface area contributed by atoms with Gasteiger partial charge in [0.15, 0.2) is 0 Å². The number of hydrogen-bond acceptors (Lipinski definition) is 2. The Morgan fingerprint density at radius 1 is 1.59 bits per heavy atom. The average Bonchev–Trinajstić information content (AvgIpc) is 2.80. The van der Waals surface area contributed by atoms with Gasteiger partial charge in [-0.15, -0.1) is 0 Å². The molecule has 1 fully saturated rings. The number of likely N-dealkylation sites (tertiary alicyclic amines) is 1. The number of aliphatic hydroxyl groups is 1. The Balaban J connectivity index is 2.12. The fourth-order valence-corrected chi connectivity index (χ4v) is 2.26. The van der Waals surface area contributed by atoms with E-state index in [-0.39, 0.29) is 18.4 Å². The summed E-state index contributed by atoms with van der Waals surface area (Å²) in [4.78, 5) is 13.9. The molecule has 1 N–H and O–H groups in total. The van der Waals surface area contributed by atoms with Gasteiger partial charge < -0.3 is 10.0 Å². The number of aliphatic hydroxyl groups excluding tert-OH is 1. The maximum Gasteiger partial charge on any atom is 0.253 e. The molecule has 1 saturated heterocycles. The van der Waals surface area contributed by atoms with Gasteiger partial charge in [0.25, 0.3) is 5.91 Å². The minimum absolute atomic E-state index is 0.00264. The molecule has 1 heterocycles. The standard InChI is InChI=1S/C13H16ClNO2/c1-9-2-3-11(6-12(9)14)13(17)15-5-4-10(7-15)8-16/h2-3,6,10,16H,4-5,7-8H2,1H3. The number of nitrogens with zero attached hydrogens (tertiary/aromatic N) is 1. The highest BCUT2D eigenvalue weighted by Gasteiger charge is 2.26. The van der Waals surface area contributed by atoms with Crippen molar-refractivity contribution in [2.24, 2.45) is 5.92 Å². The summed E-state index contributed by atoms with van der Waals surface area (Å²) in [7, 11) is 0. The van der Waals surface area contributed by atoms with Crippen molar-refractivity contribution in [1.82, 2.24) is 4.90 Å². The second kappa shape index (κ2) is 5.07. The Hall–Kier alpha value is -1.06. The van der Waals surface area contributed by atoms with Crippen molar-refractivity contribution in [2.45, 2.75) is 13.3 Å². The molecular formula is C13H16ClNO2. The Labute approximate surface area is 106 Å². The van der Waals surface area contributed by atoms with Gasteiger partial charge in [0.05, 0.1) is 0 Å². The number of halogens is 1. The molecule has 0 aliphatic carbocycles. The van der Waals surface area contributed by atoms with Crippen molar-refractivity contribution < 1.29 is 9.90 Å². The third-order valence-corrected chi connectivity index (χ3v) is 3.66. The molecule has 2 rings (SSSR count). The van der Waals surface area contributed by atoms with E-state index in [1.165, 1.54) is 0 Å². The van der Waals surface area contributed by atoms with Crippen LogP contribution in [0.1, 0.15) is 22.3 Å². The molecule has 0 spiro atoms. The van der Waals surface area contributed by atoms with E-state index in [1.54, 1.807) is 17.0 Å². The second-order valence-corrected chi connectivity index (χ2v) is 4.96. The summed E-state index contributed by atoms with van der Waals surface area (Å²) < 4.78 is 0. The van der Waals surface area contributed by atoms with Gasteiger partial charge in [0, 0.05) is 36.2 Å². The quantitative estimate of drug-likeness (QED) is 0.877. The second-order valence-electron chi connectivity index (χ2n) is 4.55. The molecule has 1 aliphatic heterocycles. The summed E-state index contributed by atoms with van der Waals surface area (Å²) in [6.45, 7) is 3.42. The SMILES string of the molecule is Cc1ccc(C(=O)N2CCC(CO)C2)cc1Cl. The van der Waals surface area contributed by atoms with Crippen molar-refractivity contribution in [3.63, 3.8) is 0 Å². The summed E-state index contributed by atoms with van der Waals surface area (Å²) >= 11 is 6.01. The molecule has 1 aromatic carbocycles. The van der Waals surface area contributed by atoms with Crippen molar-refractivity contribution in [2.75, 3.05) is 19.7 Å². The largest absolute Gasteiger partial charge is 0.396 e. The summed E-state index contributed by atoms with van der Waals surface area (Å²) in [5.74, 6) is 0.225. The summed E-state index contributed by atoms with van der Waals surface area (Å²) in [5.41, 5.74) is 1.59. The number of amides is 1. The minimum atomic E-state index is 0.00264. The highest BCUT2D eigenvalue weighted by molar-refractivity contribution is 6.31. The van der Waals surface area contributed by atoms with Gasteiger partial charge >= 0.3 is 0 Å². The highest BCUT2D eigenvalue weighted by atomic mass is 35.5. The third kappa shape index (κ3) is 2.61. The molecule has 0 radical (unpaired) electrons. The fraction of sp³-hybridized carbons (Fsp3) is 0.462. The Morgan fingerprint density at radius 3 is 2.94 bits per heavy atom. The van der Waals surface area contributed by atoms with Gasteiger partial charge in [0.1, 0.15) is 0 Å². The van der Waals surface area contributed by atoms with Crippen LogP contribution >= 0.6 is 11.6 Å². The van der Waals surface area contributed by atoms with Crippen molar-refractivity contribution in [1.29, 1.82) is 0 Å². The van der Waals surface area contributed by atoms with E-state index >= 15 is 0 Å². The Kier molecular flexibility index (Phi) is 3.69. The molecule has 92 valence electrons. The van der Waals surface area contributed by atoms with Gasteiger partial charge in [-0.1, -0.05) is 17.7 Å². The summed E-state index contributed by atoms with van der Waals surface area (Å²) in [6.07, 6.45) is 0.877. The monoisotopic (exact) mass is 253 g/mol. The van der Waals surface area contributed by atoms with Crippen LogP contribution in [0.4, 0.5) is 0 Å². The Morgan fingerprint density at radius 2 is 2.35 bits per heavy atom. The van der Waals surface area contributed by atoms with Crippen LogP contribution < -0.4 is 0 Å². The average molecular weight is 254 g/mol. The van der Waals surface area contributed by atoms with Crippen LogP contribution in [0.5, 0.6) is 0 Å². The molecule has 1 atom stereocenters. The van der Waals surface area contributed by atoms with Crippen molar-refractivity contribution >= 4 is 17.5 Å². The molecular weight excluding hydrogens is 238 g/mol. The van der Waals surface area contributed by atoms with E-state index < -0.39 is 0 Å². The zero-order valence-electron chi connectivity index (χ0n) is 9.82. The van der Waals surface area contributed by atoms with Gasteiger partial charge in [-0.2, -0.15) is 0 Å². The van der Waals surface area contributed by atoms with Gasteiger partial charge in [0.2, 0.25) is 0 Å². The molecule has 0 bridgehead atoms. The summed E-state index contributed by atoms with van der Waals surface area (Å²) in [6, 6.07) is 5.37. The van der Waals surface area contributed by atoms with Crippen molar-refractivity contribution in [3.05, 3.63) is 34.3 Å². The maximum absolute atomic E-state index is 12.2. The first-order valence-corrected chi connectivity index (χ1v) is 6.16. The predicted molar refractivity (Wildman–Crippen MR) is 67.3 cm³/mol. The molecule has 1 unspecified atom stereocenters. The number of hydrogen-bond donors (Lipinski definition) is 1. The molecule has 0 aromatic heterocycles. The first kappa shape index (κ1) is 12.4. The molecule has 17 heavy (non-hydrogen) atoms. The lowest BCUT2D eigenvalue weighted by Gasteiger charge is -2.16. The first-order chi connectivity index (χ1) is 8.11. The molecule has 1 aliphatic rings. The smallest absolute Gasteiger partial charge is 0.253 e. The number of carbonyl (C=O) groups is 1. The van der Waals surface area contributed by atoms with Crippen LogP contribution in [-0.4, -0.2) is 35.6 Å². The third-order valence-electron chi connectivity index (χ3n) is 3.25. The van der Waals surface area contributed by atoms with E-state index in [0.717, 1.165) is 18.5 Å². The number of carbonyl (C=O) groups excluding carboxylic acids is 1.